The predicted molar refractivity (Wildman–Crippen MR) is 59.6 cm³/mol. The molecule has 86 valence electrons. The summed E-state index contributed by atoms with van der Waals surface area (Å²) < 4.78 is 5.46. The number of ketones is 1. The van der Waals surface area contributed by atoms with Gasteiger partial charge in [0.2, 0.25) is 0 Å². The highest BCUT2D eigenvalue weighted by Gasteiger charge is 2.65. The van der Waals surface area contributed by atoms with E-state index < -0.39 is 0 Å². The number of carbonyl (C=O) groups is 1. The summed E-state index contributed by atoms with van der Waals surface area (Å²) in [5, 5.41) is 0. The minimum atomic E-state index is -0.0839. The average molecular weight is 210 g/mol. The van der Waals surface area contributed by atoms with Crippen molar-refractivity contribution in [2.45, 2.75) is 40.5 Å². The Morgan fingerprint density at radius 2 is 2.07 bits per heavy atom. The van der Waals surface area contributed by atoms with Gasteiger partial charge in [0, 0.05) is 17.9 Å². The van der Waals surface area contributed by atoms with Gasteiger partial charge < -0.3 is 4.74 Å². The molecule has 2 aliphatic carbocycles. The SMILES string of the molecule is CCOC[C@@H]1C(=O)[C@@]2(C)CC[C@H]1C2(C)C. The van der Waals surface area contributed by atoms with Gasteiger partial charge in [-0.05, 0) is 31.1 Å². The van der Waals surface area contributed by atoms with E-state index in [-0.39, 0.29) is 16.7 Å². The molecule has 3 atom stereocenters. The van der Waals surface area contributed by atoms with E-state index >= 15 is 0 Å². The molecule has 0 saturated heterocycles. The van der Waals surface area contributed by atoms with Crippen LogP contribution in [0.1, 0.15) is 40.5 Å². The molecule has 2 bridgehead atoms. The minimum absolute atomic E-state index is 0.0839. The smallest absolute Gasteiger partial charge is 0.144 e. The molecule has 0 spiro atoms. The lowest BCUT2D eigenvalue weighted by Crippen LogP contribution is -2.34. The van der Waals surface area contributed by atoms with Crippen LogP contribution in [0.5, 0.6) is 0 Å². The van der Waals surface area contributed by atoms with Crippen molar-refractivity contribution in [2.75, 3.05) is 13.2 Å². The van der Waals surface area contributed by atoms with Gasteiger partial charge in [0.25, 0.3) is 0 Å². The molecule has 2 heteroatoms. The Morgan fingerprint density at radius 3 is 2.53 bits per heavy atom. The molecule has 0 N–H and O–H groups in total. The fourth-order valence-electron chi connectivity index (χ4n) is 3.71. The quantitative estimate of drug-likeness (QED) is 0.716. The van der Waals surface area contributed by atoms with Crippen LogP contribution in [0.4, 0.5) is 0 Å². The van der Waals surface area contributed by atoms with E-state index in [4.69, 9.17) is 4.74 Å². The van der Waals surface area contributed by atoms with Crippen LogP contribution in [-0.2, 0) is 9.53 Å². The van der Waals surface area contributed by atoms with Gasteiger partial charge in [0.05, 0.1) is 6.61 Å². The standard InChI is InChI=1S/C13H22O2/c1-5-15-8-9-10-6-7-13(4,11(9)14)12(10,2)3/h9-10H,5-8H2,1-4H3/t9-,10+,13+/m0/s1. The zero-order valence-electron chi connectivity index (χ0n) is 10.3. The van der Waals surface area contributed by atoms with Crippen molar-refractivity contribution < 1.29 is 9.53 Å². The number of hydrogen-bond acceptors (Lipinski definition) is 2. The largest absolute Gasteiger partial charge is 0.381 e. The Kier molecular flexibility index (Phi) is 2.45. The lowest BCUT2D eigenvalue weighted by molar-refractivity contribution is -0.133. The van der Waals surface area contributed by atoms with Gasteiger partial charge in [-0.15, -0.1) is 0 Å². The third kappa shape index (κ3) is 1.24. The fourth-order valence-corrected chi connectivity index (χ4v) is 3.71. The molecule has 0 radical (unpaired) electrons. The molecule has 2 nitrogen and oxygen atoms in total. The second-order valence-corrected chi connectivity index (χ2v) is 5.83. The van der Waals surface area contributed by atoms with E-state index in [0.717, 1.165) is 6.42 Å². The first-order valence-electron chi connectivity index (χ1n) is 6.07. The molecule has 15 heavy (non-hydrogen) atoms. The van der Waals surface area contributed by atoms with Gasteiger partial charge in [-0.1, -0.05) is 20.8 Å². The van der Waals surface area contributed by atoms with E-state index in [2.05, 4.69) is 20.8 Å². The summed E-state index contributed by atoms with van der Waals surface area (Å²) in [6.45, 7) is 10.0. The lowest BCUT2D eigenvalue weighted by atomic mass is 9.70. The number of rotatable bonds is 3. The Hall–Kier alpha value is -0.370. The van der Waals surface area contributed by atoms with Gasteiger partial charge in [-0.2, -0.15) is 0 Å². The number of ether oxygens (including phenoxy) is 1. The molecular weight excluding hydrogens is 188 g/mol. The highest BCUT2D eigenvalue weighted by Crippen LogP contribution is 2.65. The first-order valence-corrected chi connectivity index (χ1v) is 6.07. The van der Waals surface area contributed by atoms with Gasteiger partial charge >= 0.3 is 0 Å². The Balaban J connectivity index is 2.22. The summed E-state index contributed by atoms with van der Waals surface area (Å²) in [6, 6.07) is 0. The summed E-state index contributed by atoms with van der Waals surface area (Å²) in [4.78, 5) is 12.3. The van der Waals surface area contributed by atoms with Crippen LogP contribution in [0.2, 0.25) is 0 Å². The molecule has 0 aromatic heterocycles. The third-order valence-electron chi connectivity index (χ3n) is 5.17. The van der Waals surface area contributed by atoms with Gasteiger partial charge in [-0.3, -0.25) is 4.79 Å². The van der Waals surface area contributed by atoms with E-state index in [1.807, 2.05) is 6.92 Å². The van der Waals surface area contributed by atoms with Gasteiger partial charge in [0.15, 0.2) is 0 Å². The average Bonchev–Trinajstić information content (AvgIpc) is 2.48. The summed E-state index contributed by atoms with van der Waals surface area (Å²) in [6.07, 6.45) is 2.28. The molecular formula is C13H22O2. The summed E-state index contributed by atoms with van der Waals surface area (Å²) in [7, 11) is 0. The van der Waals surface area contributed by atoms with E-state index in [0.29, 0.717) is 24.9 Å². The van der Waals surface area contributed by atoms with Crippen molar-refractivity contribution in [2.24, 2.45) is 22.7 Å². The van der Waals surface area contributed by atoms with Crippen molar-refractivity contribution in [3.8, 4) is 0 Å². The highest BCUT2D eigenvalue weighted by molar-refractivity contribution is 5.91. The zero-order chi connectivity index (χ0) is 11.3. The number of carbonyl (C=O) groups excluding carboxylic acids is 1. The maximum Gasteiger partial charge on any atom is 0.144 e. The van der Waals surface area contributed by atoms with Crippen LogP contribution >= 0.6 is 0 Å². The van der Waals surface area contributed by atoms with Crippen molar-refractivity contribution in [1.82, 2.24) is 0 Å². The highest BCUT2D eigenvalue weighted by atomic mass is 16.5. The second kappa shape index (κ2) is 3.31. The van der Waals surface area contributed by atoms with Crippen LogP contribution in [0.3, 0.4) is 0 Å². The van der Waals surface area contributed by atoms with Crippen molar-refractivity contribution in [3.63, 3.8) is 0 Å². The molecule has 0 aliphatic heterocycles. The van der Waals surface area contributed by atoms with Gasteiger partial charge in [0.1, 0.15) is 5.78 Å². The lowest BCUT2D eigenvalue weighted by Gasteiger charge is -2.32. The summed E-state index contributed by atoms with van der Waals surface area (Å²) >= 11 is 0. The van der Waals surface area contributed by atoms with E-state index in [1.54, 1.807) is 0 Å². The van der Waals surface area contributed by atoms with Gasteiger partial charge in [-0.25, -0.2) is 0 Å². The normalized spacial score (nSPS) is 42.5. The Morgan fingerprint density at radius 1 is 1.40 bits per heavy atom. The Bertz CT molecular complexity index is 282. The van der Waals surface area contributed by atoms with Crippen LogP contribution in [-0.4, -0.2) is 19.0 Å². The predicted octanol–water partition coefficient (Wildman–Crippen LogP) is 2.66. The van der Waals surface area contributed by atoms with Crippen molar-refractivity contribution >= 4 is 5.78 Å². The molecule has 0 heterocycles. The summed E-state index contributed by atoms with van der Waals surface area (Å²) in [5.74, 6) is 1.16. The molecule has 2 fully saturated rings. The topological polar surface area (TPSA) is 26.3 Å². The van der Waals surface area contributed by atoms with Crippen LogP contribution in [0.15, 0.2) is 0 Å². The van der Waals surface area contributed by atoms with Crippen LogP contribution in [0, 0.1) is 22.7 Å². The van der Waals surface area contributed by atoms with Crippen LogP contribution < -0.4 is 0 Å². The van der Waals surface area contributed by atoms with Crippen LogP contribution in [0.25, 0.3) is 0 Å². The maximum absolute atomic E-state index is 12.3. The van der Waals surface area contributed by atoms with Crippen molar-refractivity contribution in [1.29, 1.82) is 0 Å². The number of fused-ring (bicyclic) bond motifs is 2. The fraction of sp³-hybridized carbons (Fsp3) is 0.923. The third-order valence-corrected chi connectivity index (χ3v) is 5.17. The monoisotopic (exact) mass is 210 g/mol. The molecule has 0 amide bonds. The number of hydrogen-bond donors (Lipinski definition) is 0. The molecule has 0 unspecified atom stereocenters. The first kappa shape index (κ1) is 11.1. The maximum atomic E-state index is 12.3. The minimum Gasteiger partial charge on any atom is -0.381 e. The summed E-state index contributed by atoms with van der Waals surface area (Å²) in [5.41, 5.74) is 0.0886. The second-order valence-electron chi connectivity index (χ2n) is 5.83. The van der Waals surface area contributed by atoms with E-state index in [1.165, 1.54) is 6.42 Å². The first-order chi connectivity index (χ1) is 6.95. The molecule has 2 rings (SSSR count). The van der Waals surface area contributed by atoms with Crippen molar-refractivity contribution in [3.05, 3.63) is 0 Å². The molecule has 2 saturated carbocycles. The number of Topliss-reactive ketones (excluding diaryl/α,β-unsaturated/α-hetero) is 1. The zero-order valence-corrected chi connectivity index (χ0v) is 10.3. The Labute approximate surface area is 92.4 Å². The molecule has 0 aromatic carbocycles. The molecule has 2 aliphatic rings. The molecule has 0 aromatic rings. The van der Waals surface area contributed by atoms with E-state index in [9.17, 15) is 4.79 Å².